The van der Waals surface area contributed by atoms with Gasteiger partial charge in [-0.1, -0.05) is 25.5 Å². The molecule has 1 heterocycles. The molecule has 10 heteroatoms. The Hall–Kier alpha value is -4.34. The van der Waals surface area contributed by atoms with Crippen LogP contribution in [0.5, 0.6) is 5.75 Å². The zero-order valence-electron chi connectivity index (χ0n) is 24.5. The minimum Gasteiger partial charge on any atom is -0.484 e. The summed E-state index contributed by atoms with van der Waals surface area (Å²) in [6.07, 6.45) is 4.16. The molecule has 0 aliphatic carbocycles. The van der Waals surface area contributed by atoms with E-state index in [9.17, 15) is 9.59 Å². The van der Waals surface area contributed by atoms with Crippen LogP contribution >= 0.6 is 0 Å². The molecule has 0 saturated carbocycles. The summed E-state index contributed by atoms with van der Waals surface area (Å²) in [5.41, 5.74) is 0.809. The molecule has 2 aromatic carbocycles. The minimum atomic E-state index is -0.860. The van der Waals surface area contributed by atoms with Crippen molar-refractivity contribution in [3.63, 3.8) is 0 Å². The van der Waals surface area contributed by atoms with Gasteiger partial charge in [0.2, 0.25) is 0 Å². The number of nitrogens with one attached hydrogen (secondary N) is 2. The predicted octanol–water partition coefficient (Wildman–Crippen LogP) is 6.60. The smallest absolute Gasteiger partial charge is 0.420 e. The molecule has 0 unspecified atom stereocenters. The van der Waals surface area contributed by atoms with Crippen molar-refractivity contribution in [2.24, 2.45) is 0 Å². The molecule has 2 amide bonds. The lowest BCUT2D eigenvalue weighted by Crippen LogP contribution is -2.35. The molecule has 2 N–H and O–H groups in total. The van der Waals surface area contributed by atoms with Gasteiger partial charge < -0.3 is 20.2 Å². The molecule has 0 aliphatic heterocycles. The van der Waals surface area contributed by atoms with Gasteiger partial charge in [0, 0.05) is 24.0 Å². The number of nitrogens with zero attached hydrogens (tertiary/aromatic N) is 3. The number of halogens is 1. The molecule has 1 aromatic heterocycles. The van der Waals surface area contributed by atoms with Crippen LogP contribution in [0.1, 0.15) is 65.5 Å². The van der Waals surface area contributed by atoms with Gasteiger partial charge in [-0.2, -0.15) is 0 Å². The summed E-state index contributed by atoms with van der Waals surface area (Å²) in [4.78, 5) is 35.4. The van der Waals surface area contributed by atoms with Crippen LogP contribution in [0.3, 0.4) is 0 Å². The van der Waals surface area contributed by atoms with Gasteiger partial charge in [0.15, 0.2) is 12.4 Å². The average Bonchev–Trinajstić information content (AvgIpc) is 2.91. The molecule has 9 nitrogen and oxygen atoms in total. The summed E-state index contributed by atoms with van der Waals surface area (Å²) in [7, 11) is 0. The Morgan fingerprint density at radius 3 is 2.59 bits per heavy atom. The lowest BCUT2D eigenvalue weighted by molar-refractivity contribution is -0.123. The number of hydrogen-bond donors (Lipinski definition) is 2. The molecule has 0 spiro atoms. The fourth-order valence-electron chi connectivity index (χ4n) is 3.98. The number of anilines is 2. The fraction of sp³-hybridized carbons (Fsp3) is 0.387. The topological polar surface area (TPSA) is 118 Å². The number of carbonyl (C=O) groups is 2. The fourth-order valence-corrected chi connectivity index (χ4v) is 3.98. The van der Waals surface area contributed by atoms with Crippen LogP contribution in [0.25, 0.3) is 11.4 Å². The molecule has 0 aliphatic rings. The highest BCUT2D eigenvalue weighted by atomic mass is 19.1. The second kappa shape index (κ2) is 13.8. The van der Waals surface area contributed by atoms with Crippen LogP contribution < -0.4 is 15.0 Å². The maximum Gasteiger partial charge on any atom is 0.420 e. The summed E-state index contributed by atoms with van der Waals surface area (Å²) in [6, 6.07) is 11.2. The Kier molecular flexibility index (Phi) is 10.5. The van der Waals surface area contributed by atoms with Crippen molar-refractivity contribution in [3.8, 4) is 17.1 Å². The third kappa shape index (κ3) is 8.83. The number of amides is 2. The first-order valence-corrected chi connectivity index (χ1v) is 13.6. The van der Waals surface area contributed by atoms with E-state index in [4.69, 9.17) is 14.9 Å². The van der Waals surface area contributed by atoms with Crippen LogP contribution in [-0.2, 0) is 16.0 Å². The lowest BCUT2D eigenvalue weighted by atomic mass is 10.0. The Morgan fingerprint density at radius 1 is 1.17 bits per heavy atom. The molecular formula is C31H38FN5O4. The van der Waals surface area contributed by atoms with Gasteiger partial charge >= 0.3 is 6.09 Å². The molecule has 218 valence electrons. The van der Waals surface area contributed by atoms with Crippen molar-refractivity contribution in [2.45, 2.75) is 72.4 Å². The lowest BCUT2D eigenvalue weighted by Gasteiger charge is -2.27. The van der Waals surface area contributed by atoms with E-state index < -0.39 is 17.5 Å². The molecular weight excluding hydrogens is 525 g/mol. The highest BCUT2D eigenvalue weighted by Gasteiger charge is 2.29. The highest BCUT2D eigenvalue weighted by Crippen LogP contribution is 2.32. The number of aryl methyl sites for hydroxylation is 1. The summed E-state index contributed by atoms with van der Waals surface area (Å²) < 4.78 is 26.9. The normalized spacial score (nSPS) is 11.2. The molecule has 41 heavy (non-hydrogen) atoms. The molecule has 0 bridgehead atoms. The number of unbranched alkanes of at least 4 members (excludes halogenated alkanes) is 1. The first kappa shape index (κ1) is 31.2. The van der Waals surface area contributed by atoms with Crippen molar-refractivity contribution in [1.29, 1.82) is 5.41 Å². The average molecular weight is 564 g/mol. The van der Waals surface area contributed by atoms with Crippen molar-refractivity contribution in [2.75, 3.05) is 11.5 Å². The summed E-state index contributed by atoms with van der Waals surface area (Å²) in [5.74, 6) is -0.112. The van der Waals surface area contributed by atoms with E-state index in [1.807, 2.05) is 20.8 Å². The van der Waals surface area contributed by atoms with E-state index in [2.05, 4.69) is 15.3 Å². The first-order chi connectivity index (χ1) is 19.4. The van der Waals surface area contributed by atoms with E-state index in [-0.39, 0.29) is 35.9 Å². The highest BCUT2D eigenvalue weighted by molar-refractivity contribution is 5.97. The van der Waals surface area contributed by atoms with Crippen LogP contribution in [-0.4, -0.2) is 46.4 Å². The number of ether oxygens (including phenoxy) is 2. The van der Waals surface area contributed by atoms with E-state index >= 15 is 4.39 Å². The molecule has 3 aromatic rings. The van der Waals surface area contributed by atoms with Gasteiger partial charge in [0.05, 0.1) is 5.69 Å². The Morgan fingerprint density at radius 2 is 1.93 bits per heavy atom. The maximum atomic E-state index is 15.6. The zero-order valence-corrected chi connectivity index (χ0v) is 24.5. The van der Waals surface area contributed by atoms with Crippen LogP contribution in [0.15, 0.2) is 48.7 Å². The van der Waals surface area contributed by atoms with Gasteiger partial charge in [0.1, 0.15) is 23.0 Å². The van der Waals surface area contributed by atoms with Crippen molar-refractivity contribution in [1.82, 2.24) is 15.3 Å². The van der Waals surface area contributed by atoms with E-state index in [0.29, 0.717) is 28.9 Å². The van der Waals surface area contributed by atoms with Crippen LogP contribution in [0.2, 0.25) is 0 Å². The molecule has 0 atom stereocenters. The summed E-state index contributed by atoms with van der Waals surface area (Å²) >= 11 is 0. The van der Waals surface area contributed by atoms with E-state index in [1.54, 1.807) is 45.0 Å². The van der Waals surface area contributed by atoms with Crippen molar-refractivity contribution < 1.29 is 23.5 Å². The van der Waals surface area contributed by atoms with Crippen molar-refractivity contribution in [3.05, 3.63) is 65.6 Å². The Balaban J connectivity index is 2.03. The van der Waals surface area contributed by atoms with E-state index in [0.717, 1.165) is 24.0 Å². The maximum absolute atomic E-state index is 15.6. The summed E-state index contributed by atoms with van der Waals surface area (Å²) in [6.45, 7) is 10.8. The second-order valence-corrected chi connectivity index (χ2v) is 10.8. The standard InChI is InChI=1S/C31H38FN5O4/c1-7-8-10-21-16-25(32)26(17-23(21)18-33)37(30(39)41-31(4,5)6)27-13-14-34-29(36-27)22-11-9-12-24(15-22)40-19-28(38)35-20(2)3/h9,11-18,20,33H,7-8,10,19H2,1-6H3,(H,35,38). The molecule has 0 radical (unpaired) electrons. The van der Waals surface area contributed by atoms with Gasteiger partial charge in [-0.15, -0.1) is 0 Å². The molecule has 3 rings (SSSR count). The Bertz CT molecular complexity index is 1390. The number of rotatable bonds is 11. The van der Waals surface area contributed by atoms with Gasteiger partial charge in [-0.05, 0) is 88.9 Å². The third-order valence-corrected chi connectivity index (χ3v) is 5.76. The monoisotopic (exact) mass is 563 g/mol. The largest absolute Gasteiger partial charge is 0.484 e. The van der Waals surface area contributed by atoms with Crippen LogP contribution in [0.4, 0.5) is 20.7 Å². The molecule has 0 fully saturated rings. The van der Waals surface area contributed by atoms with Gasteiger partial charge in [0.25, 0.3) is 5.91 Å². The number of aromatic nitrogens is 2. The number of hydrogen-bond acceptors (Lipinski definition) is 7. The first-order valence-electron chi connectivity index (χ1n) is 13.6. The van der Waals surface area contributed by atoms with Gasteiger partial charge in [-0.25, -0.2) is 24.1 Å². The Labute approximate surface area is 240 Å². The minimum absolute atomic E-state index is 0.00559. The zero-order chi connectivity index (χ0) is 30.2. The third-order valence-electron chi connectivity index (χ3n) is 5.76. The van der Waals surface area contributed by atoms with Crippen LogP contribution in [0, 0.1) is 11.2 Å². The van der Waals surface area contributed by atoms with Gasteiger partial charge in [-0.3, -0.25) is 4.79 Å². The van der Waals surface area contributed by atoms with E-state index in [1.165, 1.54) is 24.4 Å². The number of benzene rings is 2. The second-order valence-electron chi connectivity index (χ2n) is 10.8. The molecule has 0 saturated heterocycles. The predicted molar refractivity (Wildman–Crippen MR) is 158 cm³/mol. The summed E-state index contributed by atoms with van der Waals surface area (Å²) in [5, 5.41) is 10.7. The SMILES string of the molecule is CCCCc1cc(F)c(N(C(=O)OC(C)(C)C)c2ccnc(-c3cccc(OCC(=O)NC(C)C)c3)n2)cc1C=N. The number of carbonyl (C=O) groups excluding carboxylic acids is 2. The quantitative estimate of drug-likeness (QED) is 0.254. The van der Waals surface area contributed by atoms with Crippen molar-refractivity contribution >= 4 is 29.7 Å².